The van der Waals surface area contributed by atoms with Gasteiger partial charge in [-0.3, -0.25) is 0 Å². The summed E-state index contributed by atoms with van der Waals surface area (Å²) in [5.41, 5.74) is 2.37. The number of benzene rings is 1. The highest BCUT2D eigenvalue weighted by molar-refractivity contribution is 5.37. The Morgan fingerprint density at radius 3 is 2.29 bits per heavy atom. The Labute approximate surface area is 85.5 Å². The largest absolute Gasteiger partial charge is 0.496 e. The minimum atomic E-state index is 0.194. The molecular weight excluding hydrogens is 176 g/mol. The molecule has 0 atom stereocenters. The number of nitrogens with one attached hydrogen (secondary N) is 2. The van der Waals surface area contributed by atoms with E-state index in [0.29, 0.717) is 0 Å². The number of ether oxygens (including phenoxy) is 1. The Bertz CT molecular complexity index is 295. The van der Waals surface area contributed by atoms with E-state index in [9.17, 15) is 0 Å². The summed E-state index contributed by atoms with van der Waals surface area (Å²) >= 11 is 0. The Morgan fingerprint density at radius 1 is 1.21 bits per heavy atom. The number of rotatable bonds is 4. The molecule has 0 saturated carbocycles. The van der Waals surface area contributed by atoms with E-state index < -0.39 is 0 Å². The molecule has 0 amide bonds. The van der Waals surface area contributed by atoms with Crippen molar-refractivity contribution in [3.05, 3.63) is 29.3 Å². The average Bonchev–Trinajstić information content (AvgIpc) is 2.20. The second-order valence-corrected chi connectivity index (χ2v) is 3.24. The van der Waals surface area contributed by atoms with Crippen molar-refractivity contribution >= 4 is 0 Å². The zero-order chi connectivity index (χ0) is 10.6. The molecule has 3 nitrogen and oxygen atoms in total. The van der Waals surface area contributed by atoms with Crippen molar-refractivity contribution in [1.82, 2.24) is 10.6 Å². The van der Waals surface area contributed by atoms with Crippen LogP contribution in [0, 0.1) is 6.92 Å². The van der Waals surface area contributed by atoms with Gasteiger partial charge in [-0.15, -0.1) is 0 Å². The van der Waals surface area contributed by atoms with Gasteiger partial charge in [0.15, 0.2) is 0 Å². The van der Waals surface area contributed by atoms with Crippen LogP contribution < -0.4 is 15.4 Å². The quantitative estimate of drug-likeness (QED) is 0.712. The standard InChI is InChI=1S/C11H18N2O/c1-8-7-9(11(12-2)13-3)5-6-10(8)14-4/h5-7,11-13H,1-4H3. The maximum Gasteiger partial charge on any atom is 0.121 e. The fourth-order valence-electron chi connectivity index (χ4n) is 1.56. The molecule has 14 heavy (non-hydrogen) atoms. The first-order valence-electron chi connectivity index (χ1n) is 4.72. The SMILES string of the molecule is CNC(NC)c1ccc(OC)c(C)c1. The minimum Gasteiger partial charge on any atom is -0.496 e. The zero-order valence-electron chi connectivity index (χ0n) is 9.22. The average molecular weight is 194 g/mol. The van der Waals surface area contributed by atoms with Crippen LogP contribution in [0.5, 0.6) is 5.75 Å². The van der Waals surface area contributed by atoms with E-state index in [1.165, 1.54) is 5.56 Å². The smallest absolute Gasteiger partial charge is 0.121 e. The Hall–Kier alpha value is -1.06. The molecule has 0 saturated heterocycles. The molecule has 1 rings (SSSR count). The van der Waals surface area contributed by atoms with E-state index in [0.717, 1.165) is 11.3 Å². The fraction of sp³-hybridized carbons (Fsp3) is 0.455. The molecule has 0 spiro atoms. The highest BCUT2D eigenvalue weighted by Gasteiger charge is 2.07. The molecule has 0 unspecified atom stereocenters. The van der Waals surface area contributed by atoms with Gasteiger partial charge in [0.1, 0.15) is 5.75 Å². The number of hydrogen-bond acceptors (Lipinski definition) is 3. The van der Waals surface area contributed by atoms with E-state index in [1.807, 2.05) is 27.1 Å². The summed E-state index contributed by atoms with van der Waals surface area (Å²) in [7, 11) is 5.55. The summed E-state index contributed by atoms with van der Waals surface area (Å²) < 4.78 is 5.21. The molecule has 3 heteroatoms. The molecule has 0 aromatic heterocycles. The third-order valence-electron chi connectivity index (χ3n) is 2.33. The first-order chi connectivity index (χ1) is 6.72. The molecule has 0 fully saturated rings. The molecular formula is C11H18N2O. The van der Waals surface area contributed by atoms with Crippen LogP contribution in [0.4, 0.5) is 0 Å². The van der Waals surface area contributed by atoms with E-state index in [4.69, 9.17) is 4.74 Å². The highest BCUT2D eigenvalue weighted by Crippen LogP contribution is 2.21. The summed E-state index contributed by atoms with van der Waals surface area (Å²) in [5, 5.41) is 6.36. The number of hydrogen-bond donors (Lipinski definition) is 2. The molecule has 1 aromatic rings. The van der Waals surface area contributed by atoms with Gasteiger partial charge in [-0.2, -0.15) is 0 Å². The van der Waals surface area contributed by atoms with Crippen LogP contribution in [0.15, 0.2) is 18.2 Å². The van der Waals surface area contributed by atoms with Crippen molar-refractivity contribution in [1.29, 1.82) is 0 Å². The normalized spacial score (nSPS) is 10.6. The number of aryl methyl sites for hydroxylation is 1. The summed E-state index contributed by atoms with van der Waals surface area (Å²) in [6.45, 7) is 2.05. The molecule has 0 aliphatic rings. The Balaban J connectivity index is 2.95. The molecule has 0 radical (unpaired) electrons. The van der Waals surface area contributed by atoms with Crippen molar-refractivity contribution in [2.45, 2.75) is 13.1 Å². The summed E-state index contributed by atoms with van der Waals surface area (Å²) in [6.07, 6.45) is 0.194. The van der Waals surface area contributed by atoms with Crippen LogP contribution in [-0.4, -0.2) is 21.2 Å². The second kappa shape index (κ2) is 4.98. The molecule has 0 bridgehead atoms. The van der Waals surface area contributed by atoms with Crippen LogP contribution in [0.2, 0.25) is 0 Å². The van der Waals surface area contributed by atoms with Gasteiger partial charge in [0.25, 0.3) is 0 Å². The van der Waals surface area contributed by atoms with Gasteiger partial charge in [-0.05, 0) is 44.3 Å². The van der Waals surface area contributed by atoms with Crippen molar-refractivity contribution < 1.29 is 4.74 Å². The van der Waals surface area contributed by atoms with Gasteiger partial charge in [-0.25, -0.2) is 0 Å². The van der Waals surface area contributed by atoms with E-state index in [2.05, 4.69) is 22.8 Å². The van der Waals surface area contributed by atoms with Gasteiger partial charge in [0.05, 0.1) is 13.3 Å². The monoisotopic (exact) mass is 194 g/mol. The van der Waals surface area contributed by atoms with Crippen LogP contribution in [-0.2, 0) is 0 Å². The first kappa shape index (κ1) is 11.0. The molecule has 0 aliphatic heterocycles. The lowest BCUT2D eigenvalue weighted by molar-refractivity contribution is 0.411. The molecule has 0 aliphatic carbocycles. The van der Waals surface area contributed by atoms with E-state index >= 15 is 0 Å². The van der Waals surface area contributed by atoms with Crippen molar-refractivity contribution in [3.63, 3.8) is 0 Å². The second-order valence-electron chi connectivity index (χ2n) is 3.24. The van der Waals surface area contributed by atoms with Crippen LogP contribution in [0.25, 0.3) is 0 Å². The van der Waals surface area contributed by atoms with Crippen molar-refractivity contribution in [2.75, 3.05) is 21.2 Å². The molecule has 0 heterocycles. The van der Waals surface area contributed by atoms with Crippen molar-refractivity contribution in [2.24, 2.45) is 0 Å². The Kier molecular flexibility index (Phi) is 3.92. The molecule has 1 aromatic carbocycles. The first-order valence-corrected chi connectivity index (χ1v) is 4.72. The Morgan fingerprint density at radius 2 is 1.86 bits per heavy atom. The third-order valence-corrected chi connectivity index (χ3v) is 2.33. The van der Waals surface area contributed by atoms with Gasteiger partial charge < -0.3 is 15.4 Å². The lowest BCUT2D eigenvalue weighted by atomic mass is 10.1. The van der Waals surface area contributed by atoms with Crippen LogP contribution >= 0.6 is 0 Å². The maximum atomic E-state index is 5.21. The maximum absolute atomic E-state index is 5.21. The van der Waals surface area contributed by atoms with Crippen LogP contribution in [0.1, 0.15) is 17.3 Å². The lowest BCUT2D eigenvalue weighted by Crippen LogP contribution is -2.28. The lowest BCUT2D eigenvalue weighted by Gasteiger charge is -2.16. The zero-order valence-corrected chi connectivity index (χ0v) is 9.22. The van der Waals surface area contributed by atoms with E-state index in [-0.39, 0.29) is 6.17 Å². The number of methoxy groups -OCH3 is 1. The predicted octanol–water partition coefficient (Wildman–Crippen LogP) is 1.44. The summed E-state index contributed by atoms with van der Waals surface area (Å²) in [5.74, 6) is 0.930. The molecule has 2 N–H and O–H groups in total. The molecule has 78 valence electrons. The van der Waals surface area contributed by atoms with Gasteiger partial charge in [-0.1, -0.05) is 6.07 Å². The summed E-state index contributed by atoms with van der Waals surface area (Å²) in [6, 6.07) is 6.17. The van der Waals surface area contributed by atoms with Gasteiger partial charge >= 0.3 is 0 Å². The third kappa shape index (κ3) is 2.25. The van der Waals surface area contributed by atoms with Gasteiger partial charge in [0.2, 0.25) is 0 Å². The van der Waals surface area contributed by atoms with E-state index in [1.54, 1.807) is 7.11 Å². The fourth-order valence-corrected chi connectivity index (χ4v) is 1.56. The topological polar surface area (TPSA) is 33.3 Å². The van der Waals surface area contributed by atoms with Gasteiger partial charge in [0, 0.05) is 0 Å². The van der Waals surface area contributed by atoms with Crippen LogP contribution in [0.3, 0.4) is 0 Å². The van der Waals surface area contributed by atoms with Crippen molar-refractivity contribution in [3.8, 4) is 5.75 Å². The predicted molar refractivity (Wildman–Crippen MR) is 58.6 cm³/mol. The summed E-state index contributed by atoms with van der Waals surface area (Å²) in [4.78, 5) is 0. The highest BCUT2D eigenvalue weighted by atomic mass is 16.5. The minimum absolute atomic E-state index is 0.194.